The van der Waals surface area contributed by atoms with Gasteiger partial charge in [0.2, 0.25) is 0 Å². The molecular formula is C22H21N3O3. The summed E-state index contributed by atoms with van der Waals surface area (Å²) in [5.41, 5.74) is 4.21. The van der Waals surface area contributed by atoms with E-state index in [1.54, 1.807) is 12.3 Å². The Bertz CT molecular complexity index is 1000. The van der Waals surface area contributed by atoms with Gasteiger partial charge in [-0.3, -0.25) is 9.78 Å². The first-order chi connectivity index (χ1) is 13.7. The number of ether oxygens (including phenoxy) is 2. The zero-order valence-electron chi connectivity index (χ0n) is 15.6. The van der Waals surface area contributed by atoms with Gasteiger partial charge in [0.05, 0.1) is 0 Å². The van der Waals surface area contributed by atoms with E-state index in [1.807, 2.05) is 55.5 Å². The first-order valence-electron chi connectivity index (χ1n) is 9.14. The summed E-state index contributed by atoms with van der Waals surface area (Å²) in [6.07, 6.45) is 1.61. The van der Waals surface area contributed by atoms with Crippen molar-refractivity contribution in [2.24, 2.45) is 0 Å². The number of aromatic nitrogens is 1. The van der Waals surface area contributed by atoms with Crippen molar-refractivity contribution in [1.29, 1.82) is 0 Å². The molecule has 0 saturated carbocycles. The highest BCUT2D eigenvalue weighted by molar-refractivity contribution is 5.93. The molecule has 0 radical (unpaired) electrons. The highest BCUT2D eigenvalue weighted by atomic mass is 16.6. The van der Waals surface area contributed by atoms with Gasteiger partial charge in [-0.2, -0.15) is 0 Å². The van der Waals surface area contributed by atoms with Gasteiger partial charge >= 0.3 is 0 Å². The number of carbonyl (C=O) groups is 1. The van der Waals surface area contributed by atoms with Crippen LogP contribution in [-0.2, 0) is 6.54 Å². The molecule has 6 heteroatoms. The molecule has 0 saturated heterocycles. The Hall–Kier alpha value is -3.54. The van der Waals surface area contributed by atoms with Gasteiger partial charge in [-0.15, -0.1) is 0 Å². The number of anilines is 2. The van der Waals surface area contributed by atoms with Gasteiger partial charge in [0.25, 0.3) is 5.91 Å². The number of hydrogen-bond acceptors (Lipinski definition) is 5. The SMILES string of the molecule is Cc1ccccc1CNC(=O)c1cc(Nc2ccc3c(c2)OCCO3)ccn1. The van der Waals surface area contributed by atoms with Crippen LogP contribution in [0.5, 0.6) is 11.5 Å². The van der Waals surface area contributed by atoms with Gasteiger partial charge in [0.15, 0.2) is 11.5 Å². The largest absolute Gasteiger partial charge is 0.486 e. The Balaban J connectivity index is 1.44. The quantitative estimate of drug-likeness (QED) is 0.709. The number of nitrogens with one attached hydrogen (secondary N) is 2. The molecule has 0 unspecified atom stereocenters. The molecule has 2 N–H and O–H groups in total. The molecule has 1 aliphatic rings. The molecule has 2 aromatic carbocycles. The summed E-state index contributed by atoms with van der Waals surface area (Å²) >= 11 is 0. The topological polar surface area (TPSA) is 72.5 Å². The van der Waals surface area contributed by atoms with Crippen LogP contribution in [0, 0.1) is 6.92 Å². The Morgan fingerprint density at radius 2 is 1.79 bits per heavy atom. The summed E-state index contributed by atoms with van der Waals surface area (Å²) in [6, 6.07) is 17.2. The maximum absolute atomic E-state index is 12.5. The van der Waals surface area contributed by atoms with E-state index >= 15 is 0 Å². The third-order valence-corrected chi connectivity index (χ3v) is 4.52. The lowest BCUT2D eigenvalue weighted by Crippen LogP contribution is -2.24. The molecule has 3 aromatic rings. The van der Waals surface area contributed by atoms with Crippen molar-refractivity contribution in [3.05, 3.63) is 77.6 Å². The highest BCUT2D eigenvalue weighted by Gasteiger charge is 2.13. The summed E-state index contributed by atoms with van der Waals surface area (Å²) in [7, 11) is 0. The fourth-order valence-electron chi connectivity index (χ4n) is 2.99. The predicted molar refractivity (Wildman–Crippen MR) is 107 cm³/mol. The maximum Gasteiger partial charge on any atom is 0.270 e. The van der Waals surface area contributed by atoms with Crippen molar-refractivity contribution in [2.75, 3.05) is 18.5 Å². The fourth-order valence-corrected chi connectivity index (χ4v) is 2.99. The number of nitrogens with zero attached hydrogens (tertiary/aromatic N) is 1. The predicted octanol–water partition coefficient (Wildman–Crippen LogP) is 3.83. The molecule has 4 rings (SSSR count). The van der Waals surface area contributed by atoms with E-state index < -0.39 is 0 Å². The first-order valence-corrected chi connectivity index (χ1v) is 9.14. The zero-order valence-corrected chi connectivity index (χ0v) is 15.6. The molecule has 1 aromatic heterocycles. The van der Waals surface area contributed by atoms with E-state index in [9.17, 15) is 4.79 Å². The second-order valence-electron chi connectivity index (χ2n) is 6.52. The number of aryl methyl sites for hydroxylation is 1. The molecule has 0 atom stereocenters. The Morgan fingerprint density at radius 3 is 2.64 bits per heavy atom. The number of benzene rings is 2. The Kier molecular flexibility index (Phi) is 5.10. The average molecular weight is 375 g/mol. The minimum absolute atomic E-state index is 0.214. The van der Waals surface area contributed by atoms with E-state index in [0.717, 1.165) is 28.3 Å². The molecule has 0 aliphatic carbocycles. The van der Waals surface area contributed by atoms with Crippen LogP contribution in [0.4, 0.5) is 11.4 Å². The van der Waals surface area contributed by atoms with E-state index in [1.165, 1.54) is 0 Å². The monoisotopic (exact) mass is 375 g/mol. The van der Waals surface area contributed by atoms with Gasteiger partial charge in [0, 0.05) is 30.2 Å². The summed E-state index contributed by atoms with van der Waals surface area (Å²) in [6.45, 7) is 3.59. The number of rotatable bonds is 5. The summed E-state index contributed by atoms with van der Waals surface area (Å²) in [4.78, 5) is 16.7. The van der Waals surface area contributed by atoms with Crippen LogP contribution in [-0.4, -0.2) is 24.1 Å². The third-order valence-electron chi connectivity index (χ3n) is 4.52. The Morgan fingerprint density at radius 1 is 1.00 bits per heavy atom. The molecule has 6 nitrogen and oxygen atoms in total. The van der Waals surface area contributed by atoms with Crippen LogP contribution in [0.15, 0.2) is 60.8 Å². The maximum atomic E-state index is 12.5. The lowest BCUT2D eigenvalue weighted by molar-refractivity contribution is 0.0946. The number of hydrogen-bond donors (Lipinski definition) is 2. The van der Waals surface area contributed by atoms with Crippen LogP contribution < -0.4 is 20.1 Å². The minimum Gasteiger partial charge on any atom is -0.486 e. The van der Waals surface area contributed by atoms with Crippen molar-refractivity contribution in [2.45, 2.75) is 13.5 Å². The van der Waals surface area contributed by atoms with Crippen molar-refractivity contribution in [3.8, 4) is 11.5 Å². The van der Waals surface area contributed by atoms with Gasteiger partial charge < -0.3 is 20.1 Å². The first kappa shape index (κ1) is 17.9. The molecule has 1 aliphatic heterocycles. The number of amides is 1. The number of pyridine rings is 1. The van der Waals surface area contributed by atoms with Gasteiger partial charge in [-0.1, -0.05) is 24.3 Å². The van der Waals surface area contributed by atoms with E-state index in [-0.39, 0.29) is 5.91 Å². The van der Waals surface area contributed by atoms with E-state index in [4.69, 9.17) is 9.47 Å². The normalized spacial score (nSPS) is 12.3. The second kappa shape index (κ2) is 8.00. The molecule has 28 heavy (non-hydrogen) atoms. The van der Waals surface area contributed by atoms with Crippen molar-refractivity contribution in [1.82, 2.24) is 10.3 Å². The molecule has 142 valence electrons. The lowest BCUT2D eigenvalue weighted by Gasteiger charge is -2.19. The third kappa shape index (κ3) is 4.06. The van der Waals surface area contributed by atoms with Gasteiger partial charge in [-0.05, 0) is 42.3 Å². The van der Waals surface area contributed by atoms with Crippen LogP contribution in [0.25, 0.3) is 0 Å². The molecule has 0 bridgehead atoms. The van der Waals surface area contributed by atoms with Crippen molar-refractivity contribution in [3.63, 3.8) is 0 Å². The lowest BCUT2D eigenvalue weighted by atomic mass is 10.1. The standard InChI is InChI=1S/C22H21N3O3/c1-15-4-2-3-5-16(15)14-24-22(26)19-12-18(8-9-23-19)25-17-6-7-20-21(13-17)28-11-10-27-20/h2-9,12-13H,10-11,14H2,1H3,(H,23,25)(H,24,26). The molecule has 2 heterocycles. The molecular weight excluding hydrogens is 354 g/mol. The molecule has 0 fully saturated rings. The van der Waals surface area contributed by atoms with Gasteiger partial charge in [-0.25, -0.2) is 0 Å². The molecule has 1 amide bonds. The van der Waals surface area contributed by atoms with Crippen LogP contribution in [0.2, 0.25) is 0 Å². The summed E-state index contributed by atoms with van der Waals surface area (Å²) < 4.78 is 11.1. The van der Waals surface area contributed by atoms with Crippen molar-refractivity contribution < 1.29 is 14.3 Å². The number of carbonyl (C=O) groups excluding carboxylic acids is 1. The van der Waals surface area contributed by atoms with Crippen molar-refractivity contribution >= 4 is 17.3 Å². The van der Waals surface area contributed by atoms with Crippen LogP contribution >= 0.6 is 0 Å². The fraction of sp³-hybridized carbons (Fsp3) is 0.182. The molecule has 0 spiro atoms. The van der Waals surface area contributed by atoms with E-state index in [2.05, 4.69) is 15.6 Å². The Labute approximate surface area is 163 Å². The van der Waals surface area contributed by atoms with E-state index in [0.29, 0.717) is 31.2 Å². The van der Waals surface area contributed by atoms with Crippen LogP contribution in [0.1, 0.15) is 21.6 Å². The zero-order chi connectivity index (χ0) is 19.3. The number of fused-ring (bicyclic) bond motifs is 1. The highest BCUT2D eigenvalue weighted by Crippen LogP contribution is 2.33. The second-order valence-corrected chi connectivity index (χ2v) is 6.52. The van der Waals surface area contributed by atoms with Crippen LogP contribution in [0.3, 0.4) is 0 Å². The summed E-state index contributed by atoms with van der Waals surface area (Å²) in [5.74, 6) is 1.23. The smallest absolute Gasteiger partial charge is 0.270 e. The average Bonchev–Trinajstić information content (AvgIpc) is 2.73. The van der Waals surface area contributed by atoms with Gasteiger partial charge in [0.1, 0.15) is 18.9 Å². The summed E-state index contributed by atoms with van der Waals surface area (Å²) in [5, 5.41) is 6.20. The minimum atomic E-state index is -0.214.